The minimum absolute atomic E-state index is 0.277. The number of aliphatic carboxylic acids is 1. The van der Waals surface area contributed by atoms with Crippen molar-refractivity contribution < 1.29 is 9.90 Å². The van der Waals surface area contributed by atoms with E-state index in [1.165, 1.54) is 6.42 Å². The smallest absolute Gasteiger partial charge is 0.0763 e. The summed E-state index contributed by atoms with van der Waals surface area (Å²) in [6, 6.07) is 0. The molecule has 2 rings (SSSR count). The number of hydrogen-bond donors (Lipinski definition) is 0. The molecule has 2 nitrogen and oxygen atoms in total. The lowest BCUT2D eigenvalue weighted by Gasteiger charge is -2.37. The van der Waals surface area contributed by atoms with Crippen molar-refractivity contribution in [1.29, 1.82) is 0 Å². The molecule has 0 aromatic rings. The fraction of sp³-hybridized carbons (Fsp3) is 0.875. The van der Waals surface area contributed by atoms with Crippen molar-refractivity contribution in [2.24, 2.45) is 11.8 Å². The van der Waals surface area contributed by atoms with E-state index in [-0.39, 0.29) is 3.92 Å². The van der Waals surface area contributed by atoms with Gasteiger partial charge in [0.25, 0.3) is 0 Å². The predicted molar refractivity (Wildman–Crippen MR) is 60.4 cm³/mol. The second-order valence-corrected chi connectivity index (χ2v) is 6.85. The predicted octanol–water partition coefficient (Wildman–Crippen LogP) is 1.14. The maximum Gasteiger partial charge on any atom is 0.0763 e. The van der Waals surface area contributed by atoms with Crippen molar-refractivity contribution in [3.63, 3.8) is 0 Å². The summed E-state index contributed by atoms with van der Waals surface area (Å²) in [5.41, 5.74) is 0. The van der Waals surface area contributed by atoms with Crippen molar-refractivity contribution in [3.05, 3.63) is 0 Å². The summed E-state index contributed by atoms with van der Waals surface area (Å²) < 4.78 is -0.291. The number of carbonyl (C=O) groups excluding carboxylic acids is 1. The van der Waals surface area contributed by atoms with Crippen LogP contribution in [0.4, 0.5) is 0 Å². The molecule has 0 saturated heterocycles. The Bertz CT molecular complexity index is 227. The number of carbonyl (C=O) groups is 1. The third kappa shape index (κ3) is 1.06. The van der Waals surface area contributed by atoms with Gasteiger partial charge in [-0.05, 0) is 31.1 Å². The van der Waals surface area contributed by atoms with Crippen molar-refractivity contribution in [1.82, 2.24) is 0 Å². The lowest BCUT2D eigenvalue weighted by Crippen LogP contribution is -2.52. The summed E-state index contributed by atoms with van der Waals surface area (Å²) >= 11 is 4.39. The standard InChI is InChI=1S/C8H10I2O2/c9-6-4-1-2-5(3-4)8(6,10)7(11)12/h4-6H,1-3H2,(H,11,12)/p-1. The minimum Gasteiger partial charge on any atom is -0.549 e. The molecule has 4 heteroatoms. The molecular weight excluding hydrogens is 382 g/mol. The Morgan fingerprint density at radius 1 is 1.50 bits per heavy atom. The Hall–Kier alpha value is 0.930. The van der Waals surface area contributed by atoms with Gasteiger partial charge in [0.05, 0.1) is 9.39 Å². The maximum atomic E-state index is 11.0. The van der Waals surface area contributed by atoms with Crippen LogP contribution in [0.1, 0.15) is 19.3 Å². The second-order valence-electron chi connectivity index (χ2n) is 3.73. The van der Waals surface area contributed by atoms with Gasteiger partial charge < -0.3 is 9.90 Å². The lowest BCUT2D eigenvalue weighted by atomic mass is 9.89. The molecule has 0 amide bonds. The van der Waals surface area contributed by atoms with Crippen LogP contribution in [0.15, 0.2) is 0 Å². The third-order valence-electron chi connectivity index (χ3n) is 3.20. The fourth-order valence-corrected chi connectivity index (χ4v) is 5.00. The normalized spacial score (nSPS) is 51.3. The summed E-state index contributed by atoms with van der Waals surface area (Å²) in [7, 11) is 0. The molecule has 0 spiro atoms. The van der Waals surface area contributed by atoms with Gasteiger partial charge in [0.15, 0.2) is 0 Å². The van der Waals surface area contributed by atoms with Crippen LogP contribution in [-0.4, -0.2) is 13.3 Å². The van der Waals surface area contributed by atoms with Crippen LogP contribution in [0.5, 0.6) is 0 Å². The van der Waals surface area contributed by atoms with E-state index < -0.39 is 9.39 Å². The largest absolute Gasteiger partial charge is 0.549 e. The summed E-state index contributed by atoms with van der Waals surface area (Å²) in [6.45, 7) is 0. The van der Waals surface area contributed by atoms with Crippen LogP contribution in [0.3, 0.4) is 0 Å². The number of fused-ring (bicyclic) bond motifs is 2. The van der Waals surface area contributed by atoms with Crippen LogP contribution in [0.25, 0.3) is 0 Å². The van der Waals surface area contributed by atoms with E-state index in [4.69, 9.17) is 0 Å². The number of alkyl halides is 2. The van der Waals surface area contributed by atoms with Gasteiger partial charge in [-0.1, -0.05) is 45.2 Å². The first-order valence-electron chi connectivity index (χ1n) is 4.11. The number of hydrogen-bond acceptors (Lipinski definition) is 2. The number of rotatable bonds is 1. The van der Waals surface area contributed by atoms with Gasteiger partial charge in [-0.25, -0.2) is 0 Å². The number of carboxylic acid groups (broad SMARTS) is 1. The first kappa shape index (κ1) is 9.48. The highest BCUT2D eigenvalue weighted by atomic mass is 127. The molecule has 0 radical (unpaired) electrons. The monoisotopic (exact) mass is 391 g/mol. The molecule has 2 fully saturated rings. The molecule has 0 N–H and O–H groups in total. The molecule has 2 saturated carbocycles. The summed E-state index contributed by atoms with van der Waals surface area (Å²) in [5, 5.41) is 11.0. The maximum absolute atomic E-state index is 11.0. The Labute approximate surface area is 98.8 Å². The van der Waals surface area contributed by atoms with Gasteiger partial charge in [-0.3, -0.25) is 0 Å². The summed E-state index contributed by atoms with van der Waals surface area (Å²) in [5.74, 6) is 0.148. The molecule has 4 atom stereocenters. The van der Waals surface area contributed by atoms with Gasteiger partial charge in [0, 0.05) is 3.92 Å². The van der Waals surface area contributed by atoms with Crippen molar-refractivity contribution >= 4 is 51.2 Å². The Morgan fingerprint density at radius 3 is 2.50 bits per heavy atom. The van der Waals surface area contributed by atoms with Gasteiger partial charge in [0.2, 0.25) is 0 Å². The molecule has 2 bridgehead atoms. The lowest BCUT2D eigenvalue weighted by molar-refractivity contribution is -0.309. The molecule has 0 aliphatic heterocycles. The molecular formula is C8H9I2O2-. The topological polar surface area (TPSA) is 40.1 Å². The minimum atomic E-state index is -0.852. The first-order valence-corrected chi connectivity index (χ1v) is 6.43. The molecule has 2 aliphatic rings. The highest BCUT2D eigenvalue weighted by molar-refractivity contribution is 14.1. The van der Waals surface area contributed by atoms with Crippen LogP contribution in [0.2, 0.25) is 0 Å². The quantitative estimate of drug-likeness (QED) is 0.497. The fourth-order valence-electron chi connectivity index (χ4n) is 2.51. The summed E-state index contributed by atoms with van der Waals surface area (Å²) in [6.07, 6.45) is 3.40. The van der Waals surface area contributed by atoms with Crippen molar-refractivity contribution in [2.45, 2.75) is 26.6 Å². The van der Waals surface area contributed by atoms with E-state index in [1.54, 1.807) is 0 Å². The molecule has 0 aromatic carbocycles. The highest BCUT2D eigenvalue weighted by Crippen LogP contribution is 2.58. The third-order valence-corrected chi connectivity index (χ3v) is 8.38. The Morgan fingerprint density at radius 2 is 2.17 bits per heavy atom. The van der Waals surface area contributed by atoms with Gasteiger partial charge in [-0.2, -0.15) is 0 Å². The Kier molecular flexibility index (Phi) is 2.34. The molecule has 0 heterocycles. The molecule has 2 aliphatic carbocycles. The van der Waals surface area contributed by atoms with E-state index >= 15 is 0 Å². The van der Waals surface area contributed by atoms with Crippen molar-refractivity contribution in [3.8, 4) is 0 Å². The average Bonchev–Trinajstić information content (AvgIpc) is 2.55. The summed E-state index contributed by atoms with van der Waals surface area (Å²) in [4.78, 5) is 11.0. The van der Waals surface area contributed by atoms with Gasteiger partial charge >= 0.3 is 0 Å². The zero-order valence-corrected chi connectivity index (χ0v) is 10.7. The molecule has 68 valence electrons. The van der Waals surface area contributed by atoms with E-state index in [2.05, 4.69) is 45.2 Å². The Balaban J connectivity index is 2.32. The van der Waals surface area contributed by atoms with Crippen LogP contribution >= 0.6 is 45.2 Å². The molecule has 4 unspecified atom stereocenters. The van der Waals surface area contributed by atoms with Crippen LogP contribution in [-0.2, 0) is 4.79 Å². The first-order chi connectivity index (χ1) is 5.56. The highest BCUT2D eigenvalue weighted by Gasteiger charge is 2.56. The second kappa shape index (κ2) is 2.96. The van der Waals surface area contributed by atoms with E-state index in [9.17, 15) is 9.90 Å². The van der Waals surface area contributed by atoms with E-state index in [0.29, 0.717) is 11.8 Å². The van der Waals surface area contributed by atoms with Gasteiger partial charge in [0.1, 0.15) is 0 Å². The van der Waals surface area contributed by atoms with Crippen LogP contribution in [0, 0.1) is 11.8 Å². The number of carboxylic acids is 1. The zero-order valence-electron chi connectivity index (χ0n) is 6.43. The van der Waals surface area contributed by atoms with E-state index in [0.717, 1.165) is 12.8 Å². The van der Waals surface area contributed by atoms with Crippen LogP contribution < -0.4 is 5.11 Å². The zero-order chi connectivity index (χ0) is 8.93. The van der Waals surface area contributed by atoms with Crippen molar-refractivity contribution in [2.75, 3.05) is 0 Å². The average molecular weight is 391 g/mol. The SMILES string of the molecule is O=C([O-])C1(I)C2CCC(C2)C1I. The van der Waals surface area contributed by atoms with E-state index in [1.807, 2.05) is 0 Å². The number of halogens is 2. The molecule has 12 heavy (non-hydrogen) atoms. The molecule has 0 aromatic heterocycles. The van der Waals surface area contributed by atoms with Gasteiger partial charge in [-0.15, -0.1) is 0 Å².